The van der Waals surface area contributed by atoms with Gasteiger partial charge < -0.3 is 10.6 Å². The fourth-order valence-electron chi connectivity index (χ4n) is 4.58. The highest BCUT2D eigenvalue weighted by Crippen LogP contribution is 2.31. The second-order valence-electron chi connectivity index (χ2n) is 8.76. The van der Waals surface area contributed by atoms with E-state index in [1.54, 1.807) is 12.1 Å². The minimum Gasteiger partial charge on any atom is -0.366 e. The van der Waals surface area contributed by atoms with Crippen LogP contribution in [0.15, 0.2) is 30.3 Å². The molecule has 2 amide bonds. The Morgan fingerprint density at radius 2 is 2.03 bits per heavy atom. The van der Waals surface area contributed by atoms with Gasteiger partial charge >= 0.3 is 0 Å². The van der Waals surface area contributed by atoms with Gasteiger partial charge in [-0.15, -0.1) is 0 Å². The van der Waals surface area contributed by atoms with Crippen molar-refractivity contribution in [3.8, 4) is 0 Å². The molecule has 0 radical (unpaired) electrons. The minimum absolute atomic E-state index is 0.0609. The van der Waals surface area contributed by atoms with E-state index in [9.17, 15) is 14.0 Å². The van der Waals surface area contributed by atoms with Crippen LogP contribution in [0.5, 0.6) is 0 Å². The number of primary amides is 1. The Hall–Kier alpha value is -3.29. The molecular formula is C24H28FN5O2. The summed E-state index contributed by atoms with van der Waals surface area (Å²) >= 11 is 0. The summed E-state index contributed by atoms with van der Waals surface area (Å²) in [6.45, 7) is 7.50. The maximum absolute atomic E-state index is 13.6. The molecule has 1 aliphatic rings. The van der Waals surface area contributed by atoms with Crippen molar-refractivity contribution in [2.24, 2.45) is 11.7 Å². The molecule has 32 heavy (non-hydrogen) atoms. The van der Waals surface area contributed by atoms with Gasteiger partial charge in [-0.3, -0.25) is 19.3 Å². The van der Waals surface area contributed by atoms with Gasteiger partial charge in [0.1, 0.15) is 5.82 Å². The van der Waals surface area contributed by atoms with E-state index in [-0.39, 0.29) is 23.3 Å². The number of hydrogen-bond acceptors (Lipinski definition) is 4. The summed E-state index contributed by atoms with van der Waals surface area (Å²) in [5, 5.41) is 5.00. The molecule has 8 heteroatoms. The van der Waals surface area contributed by atoms with Gasteiger partial charge in [0.05, 0.1) is 34.9 Å². The smallest absolute Gasteiger partial charge is 0.250 e. The third-order valence-corrected chi connectivity index (χ3v) is 6.16. The molecule has 1 aliphatic heterocycles. The van der Waals surface area contributed by atoms with Crippen LogP contribution in [0.1, 0.15) is 53.1 Å². The van der Waals surface area contributed by atoms with Crippen LogP contribution in [0.4, 0.5) is 4.39 Å². The molecule has 2 atom stereocenters. The van der Waals surface area contributed by atoms with Gasteiger partial charge in [0.25, 0.3) is 5.91 Å². The van der Waals surface area contributed by atoms with Crippen molar-refractivity contribution in [3.63, 3.8) is 0 Å². The number of nitrogens with zero attached hydrogens (tertiary/aromatic N) is 4. The third-order valence-electron chi connectivity index (χ3n) is 6.16. The van der Waals surface area contributed by atoms with E-state index in [0.717, 1.165) is 24.2 Å². The number of halogens is 1. The minimum atomic E-state index is -0.597. The van der Waals surface area contributed by atoms with Crippen LogP contribution in [0.25, 0.3) is 10.9 Å². The van der Waals surface area contributed by atoms with Crippen molar-refractivity contribution in [1.29, 1.82) is 0 Å². The number of aromatic nitrogens is 3. The van der Waals surface area contributed by atoms with E-state index >= 15 is 0 Å². The van der Waals surface area contributed by atoms with Crippen LogP contribution in [0.3, 0.4) is 0 Å². The van der Waals surface area contributed by atoms with E-state index in [0.29, 0.717) is 36.2 Å². The van der Waals surface area contributed by atoms with Crippen molar-refractivity contribution in [3.05, 3.63) is 58.8 Å². The molecule has 1 saturated heterocycles. The van der Waals surface area contributed by atoms with Crippen molar-refractivity contribution in [2.75, 3.05) is 13.1 Å². The summed E-state index contributed by atoms with van der Waals surface area (Å²) in [7, 11) is 0. The fourth-order valence-corrected chi connectivity index (χ4v) is 4.58. The zero-order chi connectivity index (χ0) is 23.0. The second-order valence-corrected chi connectivity index (χ2v) is 8.76. The predicted octanol–water partition coefficient (Wildman–Crippen LogP) is 3.33. The molecule has 168 valence electrons. The van der Waals surface area contributed by atoms with E-state index in [4.69, 9.17) is 5.73 Å². The molecule has 1 aromatic carbocycles. The van der Waals surface area contributed by atoms with Crippen molar-refractivity contribution < 1.29 is 14.0 Å². The first-order valence-electron chi connectivity index (χ1n) is 10.9. The Labute approximate surface area is 186 Å². The van der Waals surface area contributed by atoms with Crippen LogP contribution < -0.4 is 5.73 Å². The topological polar surface area (TPSA) is 94.1 Å². The second kappa shape index (κ2) is 8.68. The fraction of sp³-hybridized carbons (Fsp3) is 0.417. The summed E-state index contributed by atoms with van der Waals surface area (Å²) in [5.74, 6) is -1.26. The lowest BCUT2D eigenvalue weighted by Gasteiger charge is -2.34. The van der Waals surface area contributed by atoms with Crippen LogP contribution in [0, 0.1) is 25.6 Å². The quantitative estimate of drug-likeness (QED) is 0.662. The average molecular weight is 438 g/mol. The largest absolute Gasteiger partial charge is 0.366 e. The molecule has 3 aromatic rings. The van der Waals surface area contributed by atoms with E-state index in [2.05, 4.69) is 10.1 Å². The van der Waals surface area contributed by atoms with Crippen LogP contribution in [-0.4, -0.2) is 44.6 Å². The summed E-state index contributed by atoms with van der Waals surface area (Å²) in [6.07, 6.45) is 1.61. The SMILES string of the molecule is Cc1cc(C)n(C[C@@H](C)C(=O)N2CCC[C@@H](c3nc4ccc(F)cc4cc3C(N)=O)C2)n1. The molecular weight excluding hydrogens is 409 g/mol. The number of pyridine rings is 1. The molecule has 2 N–H and O–H groups in total. The van der Waals surface area contributed by atoms with Gasteiger partial charge in [-0.1, -0.05) is 6.92 Å². The molecule has 0 bridgehead atoms. The van der Waals surface area contributed by atoms with Crippen molar-refractivity contribution in [2.45, 2.75) is 46.1 Å². The number of aryl methyl sites for hydroxylation is 2. The molecule has 0 unspecified atom stereocenters. The van der Waals surface area contributed by atoms with E-state index < -0.39 is 11.7 Å². The monoisotopic (exact) mass is 437 g/mol. The summed E-state index contributed by atoms with van der Waals surface area (Å²) in [6, 6.07) is 7.89. The number of nitrogens with two attached hydrogens (primary N) is 1. The number of piperidine rings is 1. The molecule has 0 saturated carbocycles. The standard InChI is InChI=1S/C24H28FN5O2/c1-14(12-30-16(3)9-15(2)28-30)24(32)29-8-4-5-17(13-29)22-20(23(26)31)11-18-10-19(25)6-7-21(18)27-22/h6-7,9-11,14,17H,4-5,8,12-13H2,1-3H3,(H2,26,31)/t14-,17-/m1/s1. The normalized spacial score (nSPS) is 17.5. The Balaban J connectivity index is 1.57. The highest BCUT2D eigenvalue weighted by Gasteiger charge is 2.31. The van der Waals surface area contributed by atoms with Gasteiger partial charge in [0.15, 0.2) is 0 Å². The number of amides is 2. The van der Waals surface area contributed by atoms with Crippen LogP contribution in [-0.2, 0) is 11.3 Å². The first-order valence-corrected chi connectivity index (χ1v) is 10.9. The highest BCUT2D eigenvalue weighted by molar-refractivity contribution is 5.98. The van der Waals surface area contributed by atoms with Crippen molar-refractivity contribution >= 4 is 22.7 Å². The third kappa shape index (κ3) is 4.35. The van der Waals surface area contributed by atoms with E-state index in [1.165, 1.54) is 12.1 Å². The Morgan fingerprint density at radius 3 is 2.72 bits per heavy atom. The molecule has 7 nitrogen and oxygen atoms in total. The van der Waals surface area contributed by atoms with Crippen LogP contribution >= 0.6 is 0 Å². The lowest BCUT2D eigenvalue weighted by atomic mass is 9.90. The first-order chi connectivity index (χ1) is 15.2. The Morgan fingerprint density at radius 1 is 1.25 bits per heavy atom. The van der Waals surface area contributed by atoms with E-state index in [1.807, 2.05) is 36.4 Å². The van der Waals surface area contributed by atoms with Gasteiger partial charge in [0, 0.05) is 30.1 Å². The predicted molar refractivity (Wildman–Crippen MR) is 120 cm³/mol. The number of benzene rings is 1. The maximum Gasteiger partial charge on any atom is 0.250 e. The number of carbonyl (C=O) groups excluding carboxylic acids is 2. The Kier molecular flexibility index (Phi) is 5.95. The zero-order valence-corrected chi connectivity index (χ0v) is 18.6. The molecule has 2 aromatic heterocycles. The number of carbonyl (C=O) groups is 2. The molecule has 0 aliphatic carbocycles. The molecule has 1 fully saturated rings. The number of likely N-dealkylation sites (tertiary alicyclic amines) is 1. The number of hydrogen-bond donors (Lipinski definition) is 1. The molecule has 4 rings (SSSR count). The number of rotatable bonds is 5. The van der Waals surface area contributed by atoms with Crippen LogP contribution in [0.2, 0.25) is 0 Å². The average Bonchev–Trinajstić information content (AvgIpc) is 3.08. The van der Waals surface area contributed by atoms with Gasteiger partial charge in [0.2, 0.25) is 5.91 Å². The maximum atomic E-state index is 13.6. The van der Waals surface area contributed by atoms with Gasteiger partial charge in [-0.05, 0) is 57.0 Å². The molecule has 3 heterocycles. The molecule has 0 spiro atoms. The highest BCUT2D eigenvalue weighted by atomic mass is 19.1. The summed E-state index contributed by atoms with van der Waals surface area (Å²) in [4.78, 5) is 31.9. The number of fused-ring (bicyclic) bond motifs is 1. The lowest BCUT2D eigenvalue weighted by molar-refractivity contribution is -0.136. The summed E-state index contributed by atoms with van der Waals surface area (Å²) in [5.41, 5.74) is 9.07. The first kappa shape index (κ1) is 21.9. The van der Waals surface area contributed by atoms with Gasteiger partial charge in [-0.2, -0.15) is 5.10 Å². The Bertz CT molecular complexity index is 1190. The lowest BCUT2D eigenvalue weighted by Crippen LogP contribution is -2.43. The zero-order valence-electron chi connectivity index (χ0n) is 18.6. The van der Waals surface area contributed by atoms with Gasteiger partial charge in [-0.25, -0.2) is 4.39 Å². The van der Waals surface area contributed by atoms with Crippen molar-refractivity contribution in [1.82, 2.24) is 19.7 Å². The summed E-state index contributed by atoms with van der Waals surface area (Å²) < 4.78 is 15.5.